The third kappa shape index (κ3) is 17.9. The van der Waals surface area contributed by atoms with Crippen molar-refractivity contribution in [3.05, 3.63) is 11.5 Å². The molecule has 2 N–H and O–H groups in total. The molecule has 0 saturated heterocycles. The Morgan fingerprint density at radius 3 is 1.70 bits per heavy atom. The van der Waals surface area contributed by atoms with E-state index in [4.69, 9.17) is 18.9 Å². The number of amides is 2. The summed E-state index contributed by atoms with van der Waals surface area (Å²) in [6.45, 7) is 18.5. The number of alkyl carbamates (subject to hydrolysis) is 2. The molecule has 0 aromatic heterocycles. The zero-order chi connectivity index (χ0) is 28.6. The van der Waals surface area contributed by atoms with E-state index in [2.05, 4.69) is 17.2 Å². The smallest absolute Gasteiger partial charge is 0.408 e. The van der Waals surface area contributed by atoms with Crippen molar-refractivity contribution in [3.63, 3.8) is 0 Å². The molecule has 0 radical (unpaired) electrons. The summed E-state index contributed by atoms with van der Waals surface area (Å²) < 4.78 is 21.1. The molecular formula is C25H44N2O8S2. The Hall–Kier alpha value is -2.08. The van der Waals surface area contributed by atoms with Crippen LogP contribution in [0.5, 0.6) is 0 Å². The van der Waals surface area contributed by atoms with Crippen molar-refractivity contribution in [2.24, 2.45) is 0 Å². The summed E-state index contributed by atoms with van der Waals surface area (Å²) in [5, 5.41) is 5.04. The minimum atomic E-state index is -1.17. The molecular weight excluding hydrogens is 520 g/mol. The van der Waals surface area contributed by atoms with Crippen molar-refractivity contribution in [2.75, 3.05) is 19.0 Å². The molecule has 12 heteroatoms. The van der Waals surface area contributed by atoms with Gasteiger partial charge >= 0.3 is 24.1 Å². The average molecular weight is 565 g/mol. The Balaban J connectivity index is 5.30. The SMILES string of the molecule is C=C(SSC[C@H](NC(=O)OC(C)(C)C)C(=O)OCCCC)[C@H](NC(=O)OC(C)(C)C)C(=O)OCCCC. The van der Waals surface area contributed by atoms with Gasteiger partial charge in [-0.3, -0.25) is 0 Å². The van der Waals surface area contributed by atoms with E-state index in [0.717, 1.165) is 34.4 Å². The van der Waals surface area contributed by atoms with E-state index in [0.29, 0.717) is 12.8 Å². The molecule has 0 spiro atoms. The maximum atomic E-state index is 12.7. The molecule has 0 fully saturated rings. The van der Waals surface area contributed by atoms with Gasteiger partial charge in [0.25, 0.3) is 0 Å². The van der Waals surface area contributed by atoms with Crippen LogP contribution in [0, 0.1) is 0 Å². The lowest BCUT2D eigenvalue weighted by Crippen LogP contribution is -2.46. The Labute approximate surface area is 229 Å². The maximum absolute atomic E-state index is 12.7. The fourth-order valence-electron chi connectivity index (χ4n) is 2.36. The van der Waals surface area contributed by atoms with Gasteiger partial charge in [-0.1, -0.05) is 54.9 Å². The fourth-order valence-corrected chi connectivity index (χ4v) is 4.54. The first-order valence-corrected chi connectivity index (χ1v) is 14.7. The highest BCUT2D eigenvalue weighted by Crippen LogP contribution is 2.32. The van der Waals surface area contributed by atoms with E-state index in [1.807, 2.05) is 13.8 Å². The molecule has 0 aliphatic rings. The maximum Gasteiger partial charge on any atom is 0.408 e. The zero-order valence-corrected chi connectivity index (χ0v) is 25.0. The number of rotatable bonds is 15. The van der Waals surface area contributed by atoms with E-state index >= 15 is 0 Å². The molecule has 214 valence electrons. The highest BCUT2D eigenvalue weighted by Gasteiger charge is 2.30. The zero-order valence-electron chi connectivity index (χ0n) is 23.4. The highest BCUT2D eigenvalue weighted by atomic mass is 33.1. The van der Waals surface area contributed by atoms with Gasteiger partial charge in [0.2, 0.25) is 0 Å². The van der Waals surface area contributed by atoms with Gasteiger partial charge in [0.1, 0.15) is 17.2 Å². The van der Waals surface area contributed by atoms with Crippen LogP contribution in [-0.4, -0.2) is 66.4 Å². The van der Waals surface area contributed by atoms with E-state index in [1.165, 1.54) is 0 Å². The van der Waals surface area contributed by atoms with Crippen LogP contribution >= 0.6 is 21.6 Å². The number of unbranched alkanes of at least 4 members (excludes halogenated alkanes) is 2. The first kappa shape index (κ1) is 34.9. The van der Waals surface area contributed by atoms with E-state index in [9.17, 15) is 19.2 Å². The summed E-state index contributed by atoms with van der Waals surface area (Å²) >= 11 is 0. The summed E-state index contributed by atoms with van der Waals surface area (Å²) in [5.74, 6) is -1.17. The van der Waals surface area contributed by atoms with Crippen molar-refractivity contribution in [2.45, 2.75) is 104 Å². The molecule has 0 saturated carbocycles. The third-order valence-electron chi connectivity index (χ3n) is 4.08. The van der Waals surface area contributed by atoms with Gasteiger partial charge in [-0.05, 0) is 54.4 Å². The predicted molar refractivity (Wildman–Crippen MR) is 147 cm³/mol. The average Bonchev–Trinajstić information content (AvgIpc) is 2.74. The van der Waals surface area contributed by atoms with Crippen molar-refractivity contribution in [1.29, 1.82) is 0 Å². The predicted octanol–water partition coefficient (Wildman–Crippen LogP) is 5.35. The Bertz CT molecular complexity index is 763. The molecule has 0 aliphatic heterocycles. The van der Waals surface area contributed by atoms with Crippen molar-refractivity contribution < 1.29 is 38.1 Å². The molecule has 0 heterocycles. The molecule has 2 atom stereocenters. The Morgan fingerprint density at radius 1 is 0.784 bits per heavy atom. The monoisotopic (exact) mass is 564 g/mol. The van der Waals surface area contributed by atoms with Crippen molar-refractivity contribution in [3.8, 4) is 0 Å². The normalized spacial score (nSPS) is 13.1. The number of nitrogens with one attached hydrogen (secondary N) is 2. The molecule has 0 aromatic rings. The lowest BCUT2D eigenvalue weighted by Gasteiger charge is -2.24. The first-order chi connectivity index (χ1) is 17.1. The van der Waals surface area contributed by atoms with Gasteiger partial charge in [-0.15, -0.1) is 0 Å². The number of hydrogen-bond acceptors (Lipinski definition) is 10. The molecule has 0 unspecified atom stereocenters. The highest BCUT2D eigenvalue weighted by molar-refractivity contribution is 8.78. The molecule has 0 rings (SSSR count). The van der Waals surface area contributed by atoms with Crippen LogP contribution in [-0.2, 0) is 28.5 Å². The van der Waals surface area contributed by atoms with Gasteiger partial charge < -0.3 is 29.6 Å². The van der Waals surface area contributed by atoms with E-state index in [-0.39, 0.29) is 23.9 Å². The summed E-state index contributed by atoms with van der Waals surface area (Å²) in [7, 11) is 2.23. The van der Waals surface area contributed by atoms with E-state index in [1.54, 1.807) is 41.5 Å². The molecule has 37 heavy (non-hydrogen) atoms. The Kier molecular flexibility index (Phi) is 16.5. The van der Waals surface area contributed by atoms with Gasteiger partial charge in [-0.25, -0.2) is 19.2 Å². The van der Waals surface area contributed by atoms with Crippen LogP contribution in [0.3, 0.4) is 0 Å². The topological polar surface area (TPSA) is 129 Å². The number of hydrogen-bond donors (Lipinski definition) is 2. The lowest BCUT2D eigenvalue weighted by atomic mass is 10.2. The van der Waals surface area contributed by atoms with Crippen LogP contribution in [0.1, 0.15) is 81.1 Å². The van der Waals surface area contributed by atoms with Gasteiger partial charge in [0, 0.05) is 10.7 Å². The van der Waals surface area contributed by atoms with Gasteiger partial charge in [-0.2, -0.15) is 0 Å². The number of ether oxygens (including phenoxy) is 4. The molecule has 0 aromatic carbocycles. The van der Waals surface area contributed by atoms with Crippen LogP contribution in [0.4, 0.5) is 9.59 Å². The number of carbonyl (C=O) groups excluding carboxylic acids is 4. The summed E-state index contributed by atoms with van der Waals surface area (Å²) in [4.78, 5) is 50.1. The standard InChI is InChI=1S/C25H44N2O8S2/c1-10-12-14-32-20(28)18(26-22(30)34-24(4,5)6)16-36-37-17(3)19(21(29)33-15-13-11-2)27-23(31)35-25(7,8)9/h18-19H,3,10-16H2,1-2,4-9H3,(H,26,30)(H,27,31)/t18-,19-/m0/s1. The van der Waals surface area contributed by atoms with Crippen LogP contribution in [0.15, 0.2) is 11.5 Å². The van der Waals surface area contributed by atoms with Crippen LogP contribution in [0.2, 0.25) is 0 Å². The third-order valence-corrected chi connectivity index (χ3v) is 6.52. The second-order valence-corrected chi connectivity index (χ2v) is 12.6. The van der Waals surface area contributed by atoms with Crippen molar-refractivity contribution >= 4 is 45.7 Å². The van der Waals surface area contributed by atoms with Crippen LogP contribution in [0.25, 0.3) is 0 Å². The first-order valence-electron chi connectivity index (χ1n) is 12.4. The summed E-state index contributed by atoms with van der Waals surface area (Å²) in [6.07, 6.45) is 1.52. The fraction of sp³-hybridized carbons (Fsp3) is 0.760. The molecule has 2 amide bonds. The number of carbonyl (C=O) groups is 4. The van der Waals surface area contributed by atoms with Gasteiger partial charge in [0.15, 0.2) is 6.04 Å². The number of esters is 2. The molecule has 0 aliphatic carbocycles. The minimum Gasteiger partial charge on any atom is -0.464 e. The second-order valence-electron chi connectivity index (χ2n) is 10.2. The van der Waals surface area contributed by atoms with Crippen LogP contribution < -0.4 is 10.6 Å². The van der Waals surface area contributed by atoms with E-state index < -0.39 is 47.4 Å². The molecule has 0 bridgehead atoms. The second kappa shape index (κ2) is 17.4. The summed E-state index contributed by atoms with van der Waals surface area (Å²) in [5.41, 5.74) is -1.50. The Morgan fingerprint density at radius 2 is 1.24 bits per heavy atom. The summed E-state index contributed by atoms with van der Waals surface area (Å²) in [6, 6.07) is -2.16. The largest absolute Gasteiger partial charge is 0.464 e. The minimum absolute atomic E-state index is 0.0952. The molecule has 10 nitrogen and oxygen atoms in total. The van der Waals surface area contributed by atoms with Crippen molar-refractivity contribution in [1.82, 2.24) is 10.6 Å². The lowest BCUT2D eigenvalue weighted by molar-refractivity contribution is -0.146. The van der Waals surface area contributed by atoms with Gasteiger partial charge in [0.05, 0.1) is 13.2 Å². The quantitative estimate of drug-likeness (QED) is 0.116.